The van der Waals surface area contributed by atoms with Crippen LogP contribution in [0.5, 0.6) is 5.75 Å². The zero-order valence-corrected chi connectivity index (χ0v) is 15.3. The minimum absolute atomic E-state index is 0.254. The molecule has 0 radical (unpaired) electrons. The molecule has 0 N–H and O–H groups in total. The summed E-state index contributed by atoms with van der Waals surface area (Å²) in [5, 5.41) is 1.34. The van der Waals surface area contributed by atoms with E-state index in [-0.39, 0.29) is 4.83 Å². The summed E-state index contributed by atoms with van der Waals surface area (Å²) in [5.41, 5.74) is 1.05. The van der Waals surface area contributed by atoms with Crippen molar-refractivity contribution in [3.05, 3.63) is 27.7 Å². The van der Waals surface area contributed by atoms with E-state index in [1.54, 1.807) is 0 Å². The molecule has 0 aromatic heterocycles. The SMILES string of the molecule is CCCCCCCC(Br)c1cc(Cl)c(OCC)cc1Cl. The van der Waals surface area contributed by atoms with Crippen LogP contribution in [0.4, 0.5) is 0 Å². The molecule has 1 rings (SSSR count). The number of rotatable bonds is 9. The first kappa shape index (κ1) is 18.1. The molecule has 1 aromatic rings. The van der Waals surface area contributed by atoms with Gasteiger partial charge in [0.15, 0.2) is 0 Å². The summed E-state index contributed by atoms with van der Waals surface area (Å²) >= 11 is 16.3. The highest BCUT2D eigenvalue weighted by molar-refractivity contribution is 9.09. The predicted molar refractivity (Wildman–Crippen MR) is 92.7 cm³/mol. The highest BCUT2D eigenvalue weighted by Gasteiger charge is 2.15. The molecule has 0 heterocycles. The van der Waals surface area contributed by atoms with Crippen LogP contribution in [0.3, 0.4) is 0 Å². The third-order valence-electron chi connectivity index (χ3n) is 3.25. The topological polar surface area (TPSA) is 9.23 Å². The summed E-state index contributed by atoms with van der Waals surface area (Å²) in [6, 6.07) is 3.73. The van der Waals surface area contributed by atoms with Gasteiger partial charge < -0.3 is 4.74 Å². The maximum Gasteiger partial charge on any atom is 0.139 e. The highest BCUT2D eigenvalue weighted by Crippen LogP contribution is 2.39. The molecule has 0 aliphatic carbocycles. The molecule has 1 atom stereocenters. The molecule has 4 heteroatoms. The fraction of sp³-hybridized carbons (Fsp3) is 0.625. The van der Waals surface area contributed by atoms with Gasteiger partial charge in [-0.05, 0) is 25.0 Å². The lowest BCUT2D eigenvalue weighted by molar-refractivity contribution is 0.340. The lowest BCUT2D eigenvalue weighted by Crippen LogP contribution is -1.96. The van der Waals surface area contributed by atoms with E-state index in [4.69, 9.17) is 27.9 Å². The number of benzene rings is 1. The zero-order valence-electron chi connectivity index (χ0n) is 12.2. The first-order chi connectivity index (χ1) is 9.60. The van der Waals surface area contributed by atoms with Gasteiger partial charge in [-0.3, -0.25) is 0 Å². The van der Waals surface area contributed by atoms with Crippen LogP contribution in [0, 0.1) is 0 Å². The normalized spacial score (nSPS) is 12.4. The molecule has 0 bridgehead atoms. The fourth-order valence-electron chi connectivity index (χ4n) is 2.13. The predicted octanol–water partition coefficient (Wildman–Crippen LogP) is 7.19. The molecule has 20 heavy (non-hydrogen) atoms. The van der Waals surface area contributed by atoms with Crippen LogP contribution in [-0.2, 0) is 0 Å². The van der Waals surface area contributed by atoms with Crippen molar-refractivity contribution >= 4 is 39.1 Å². The number of hydrogen-bond acceptors (Lipinski definition) is 1. The maximum atomic E-state index is 6.33. The van der Waals surface area contributed by atoms with Gasteiger partial charge in [0.05, 0.1) is 11.6 Å². The Kier molecular flexibility index (Phi) is 8.99. The van der Waals surface area contributed by atoms with E-state index < -0.39 is 0 Å². The third kappa shape index (κ3) is 5.83. The van der Waals surface area contributed by atoms with Crippen LogP contribution in [-0.4, -0.2) is 6.61 Å². The van der Waals surface area contributed by atoms with Crippen molar-refractivity contribution in [2.45, 2.75) is 57.2 Å². The smallest absolute Gasteiger partial charge is 0.139 e. The van der Waals surface area contributed by atoms with Crippen LogP contribution in [0.25, 0.3) is 0 Å². The summed E-state index contributed by atoms with van der Waals surface area (Å²) in [6.45, 7) is 4.75. The Balaban J connectivity index is 2.59. The number of ether oxygens (including phenoxy) is 1. The van der Waals surface area contributed by atoms with Crippen LogP contribution < -0.4 is 4.74 Å². The Labute approximate surface area is 141 Å². The summed E-state index contributed by atoms with van der Waals surface area (Å²) in [7, 11) is 0. The quantitative estimate of drug-likeness (QED) is 0.324. The van der Waals surface area contributed by atoms with Gasteiger partial charge in [-0.1, -0.05) is 78.2 Å². The van der Waals surface area contributed by atoms with E-state index >= 15 is 0 Å². The standard InChI is InChI=1S/C16H23BrCl2O/c1-3-5-6-7-8-9-13(17)12-10-15(19)16(20-4-2)11-14(12)18/h10-11,13H,3-9H2,1-2H3. The van der Waals surface area contributed by atoms with Gasteiger partial charge >= 0.3 is 0 Å². The van der Waals surface area contributed by atoms with Gasteiger partial charge in [0.2, 0.25) is 0 Å². The van der Waals surface area contributed by atoms with E-state index in [2.05, 4.69) is 22.9 Å². The van der Waals surface area contributed by atoms with Gasteiger partial charge in [-0.2, -0.15) is 0 Å². The summed E-state index contributed by atoms with van der Waals surface area (Å²) in [6.07, 6.45) is 7.47. The molecule has 0 amide bonds. The summed E-state index contributed by atoms with van der Waals surface area (Å²) in [5.74, 6) is 0.658. The van der Waals surface area contributed by atoms with E-state index in [0.29, 0.717) is 22.4 Å². The highest BCUT2D eigenvalue weighted by atomic mass is 79.9. The largest absolute Gasteiger partial charge is 0.492 e. The van der Waals surface area contributed by atoms with Crippen molar-refractivity contribution in [3.63, 3.8) is 0 Å². The second kappa shape index (κ2) is 9.92. The van der Waals surface area contributed by atoms with E-state index in [9.17, 15) is 0 Å². The van der Waals surface area contributed by atoms with Gasteiger partial charge in [-0.25, -0.2) is 0 Å². The number of hydrogen-bond donors (Lipinski definition) is 0. The van der Waals surface area contributed by atoms with Crippen molar-refractivity contribution in [1.82, 2.24) is 0 Å². The fourth-order valence-corrected chi connectivity index (χ4v) is 3.48. The number of halogens is 3. The summed E-state index contributed by atoms with van der Waals surface area (Å²) < 4.78 is 5.45. The molecule has 114 valence electrons. The molecule has 1 unspecified atom stereocenters. The molecule has 0 fully saturated rings. The van der Waals surface area contributed by atoms with Crippen molar-refractivity contribution in [3.8, 4) is 5.75 Å². The van der Waals surface area contributed by atoms with Crippen LogP contribution in [0.2, 0.25) is 10.0 Å². The Morgan fingerprint density at radius 3 is 2.40 bits per heavy atom. The maximum absolute atomic E-state index is 6.33. The monoisotopic (exact) mass is 380 g/mol. The van der Waals surface area contributed by atoms with Crippen LogP contribution >= 0.6 is 39.1 Å². The number of unbranched alkanes of at least 4 members (excludes halogenated alkanes) is 4. The number of alkyl halides is 1. The molecule has 1 aromatic carbocycles. The van der Waals surface area contributed by atoms with Gasteiger partial charge in [0, 0.05) is 15.9 Å². The van der Waals surface area contributed by atoms with Crippen molar-refractivity contribution in [2.75, 3.05) is 6.61 Å². The van der Waals surface area contributed by atoms with E-state index in [1.165, 1.54) is 32.1 Å². The molecule has 0 saturated heterocycles. The van der Waals surface area contributed by atoms with Crippen LogP contribution in [0.1, 0.15) is 62.8 Å². The third-order valence-corrected chi connectivity index (χ3v) is 4.82. The Bertz CT molecular complexity index is 410. The molecular weight excluding hydrogens is 359 g/mol. The zero-order chi connectivity index (χ0) is 15.0. The lowest BCUT2D eigenvalue weighted by Gasteiger charge is -2.15. The first-order valence-corrected chi connectivity index (χ1v) is 9.03. The van der Waals surface area contributed by atoms with Gasteiger partial charge in [0.1, 0.15) is 5.75 Å². The second-order valence-corrected chi connectivity index (χ2v) is 6.83. The molecule has 0 saturated carbocycles. The minimum Gasteiger partial charge on any atom is -0.492 e. The molecule has 0 aliphatic rings. The average molecular weight is 382 g/mol. The Morgan fingerprint density at radius 1 is 1.05 bits per heavy atom. The lowest BCUT2D eigenvalue weighted by atomic mass is 10.0. The molecule has 0 spiro atoms. The summed E-state index contributed by atoms with van der Waals surface area (Å²) in [4.78, 5) is 0.254. The second-order valence-electron chi connectivity index (χ2n) is 4.91. The van der Waals surface area contributed by atoms with Gasteiger partial charge in [0.25, 0.3) is 0 Å². The van der Waals surface area contributed by atoms with Crippen molar-refractivity contribution in [2.24, 2.45) is 0 Å². The van der Waals surface area contributed by atoms with E-state index in [0.717, 1.165) is 12.0 Å². The van der Waals surface area contributed by atoms with Crippen molar-refractivity contribution in [1.29, 1.82) is 0 Å². The first-order valence-electron chi connectivity index (χ1n) is 7.35. The van der Waals surface area contributed by atoms with Gasteiger partial charge in [-0.15, -0.1) is 0 Å². The molecular formula is C16H23BrCl2O. The van der Waals surface area contributed by atoms with Crippen LogP contribution in [0.15, 0.2) is 12.1 Å². The van der Waals surface area contributed by atoms with E-state index in [1.807, 2.05) is 19.1 Å². The molecule has 0 aliphatic heterocycles. The Hall–Kier alpha value is 0.0800. The Morgan fingerprint density at radius 2 is 1.75 bits per heavy atom. The van der Waals surface area contributed by atoms with Crippen molar-refractivity contribution < 1.29 is 4.74 Å². The molecule has 1 nitrogen and oxygen atoms in total. The average Bonchev–Trinajstić information content (AvgIpc) is 2.42. The minimum atomic E-state index is 0.254.